The number of nitrogens with one attached hydrogen (secondary N) is 1. The molecule has 2 atom stereocenters. The van der Waals surface area contributed by atoms with Gasteiger partial charge in [-0.15, -0.1) is 0 Å². The van der Waals surface area contributed by atoms with E-state index in [0.717, 1.165) is 38.2 Å². The lowest BCUT2D eigenvalue weighted by molar-refractivity contribution is 0.00382. The predicted octanol–water partition coefficient (Wildman–Crippen LogP) is 2.56. The van der Waals surface area contributed by atoms with E-state index < -0.39 is 0 Å². The Balaban J connectivity index is 1.69. The summed E-state index contributed by atoms with van der Waals surface area (Å²) in [7, 11) is 2.11. The topological polar surface area (TPSA) is 48.4 Å². The number of benzene rings is 1. The van der Waals surface area contributed by atoms with Crippen molar-refractivity contribution in [2.75, 3.05) is 20.1 Å². The fraction of sp³-hybridized carbons (Fsp3) is 0.476. The van der Waals surface area contributed by atoms with Crippen LogP contribution in [0.25, 0.3) is 0 Å². The number of hydrogen-bond donors (Lipinski definition) is 2. The zero-order valence-corrected chi connectivity index (χ0v) is 15.1. The van der Waals surface area contributed by atoms with E-state index in [1.54, 1.807) is 0 Å². The van der Waals surface area contributed by atoms with Crippen molar-refractivity contribution in [1.29, 1.82) is 0 Å². The molecule has 4 nitrogen and oxygen atoms in total. The number of nitrogens with zero attached hydrogens (tertiary/aromatic N) is 2. The lowest BCUT2D eigenvalue weighted by Crippen LogP contribution is -2.48. The van der Waals surface area contributed by atoms with Gasteiger partial charge in [0.2, 0.25) is 0 Å². The first-order valence-corrected chi connectivity index (χ1v) is 9.22. The van der Waals surface area contributed by atoms with Crippen LogP contribution in [0.5, 0.6) is 0 Å². The highest BCUT2D eigenvalue weighted by Crippen LogP contribution is 2.51. The van der Waals surface area contributed by atoms with Gasteiger partial charge in [0.1, 0.15) is 0 Å². The van der Waals surface area contributed by atoms with Crippen molar-refractivity contribution in [3.63, 3.8) is 0 Å². The Morgan fingerprint density at radius 2 is 1.96 bits per heavy atom. The van der Waals surface area contributed by atoms with Crippen LogP contribution in [0.3, 0.4) is 0 Å². The minimum atomic E-state index is -0.374. The third-order valence-electron chi connectivity index (χ3n) is 6.17. The van der Waals surface area contributed by atoms with Crippen molar-refractivity contribution in [1.82, 2.24) is 15.2 Å². The number of hydrogen-bond acceptors (Lipinski definition) is 4. The third kappa shape index (κ3) is 2.69. The molecule has 0 radical (unpaired) electrons. The molecule has 2 aliphatic rings. The summed E-state index contributed by atoms with van der Waals surface area (Å²) in [6.45, 7) is 4.79. The molecule has 1 spiro atoms. The molecule has 25 heavy (non-hydrogen) atoms. The van der Waals surface area contributed by atoms with Gasteiger partial charge in [0.05, 0.1) is 17.8 Å². The smallest absolute Gasteiger partial charge is 0.0834 e. The summed E-state index contributed by atoms with van der Waals surface area (Å²) in [6.07, 6.45) is 3.47. The van der Waals surface area contributed by atoms with Crippen LogP contribution in [0.2, 0.25) is 0 Å². The van der Waals surface area contributed by atoms with Gasteiger partial charge < -0.3 is 10.4 Å². The maximum Gasteiger partial charge on any atom is 0.0834 e. The standard InChI is InChI=1S/C21H27N3O/c1-15-6-5-11-23-18(15)14-24(2)19-16-7-3-4-8-17(16)21(20(19)25)9-12-22-13-10-21/h3-8,11,19-20,22,25H,9-10,12-14H2,1-2H3/t19-,20+/m0/s1. The summed E-state index contributed by atoms with van der Waals surface area (Å²) < 4.78 is 0. The first-order valence-electron chi connectivity index (χ1n) is 9.22. The molecule has 1 aromatic carbocycles. The highest BCUT2D eigenvalue weighted by atomic mass is 16.3. The molecule has 1 saturated heterocycles. The molecule has 2 heterocycles. The zero-order chi connectivity index (χ0) is 17.4. The number of fused-ring (bicyclic) bond motifs is 2. The zero-order valence-electron chi connectivity index (χ0n) is 15.1. The summed E-state index contributed by atoms with van der Waals surface area (Å²) in [4.78, 5) is 6.81. The number of aliphatic hydroxyl groups is 1. The number of pyridine rings is 1. The number of aromatic nitrogens is 1. The van der Waals surface area contributed by atoms with Crippen LogP contribution < -0.4 is 5.32 Å². The molecule has 0 amide bonds. The predicted molar refractivity (Wildman–Crippen MR) is 99.4 cm³/mol. The monoisotopic (exact) mass is 337 g/mol. The number of aryl methyl sites for hydroxylation is 1. The van der Waals surface area contributed by atoms with Gasteiger partial charge in [-0.2, -0.15) is 0 Å². The van der Waals surface area contributed by atoms with E-state index in [9.17, 15) is 5.11 Å². The van der Waals surface area contributed by atoms with Crippen LogP contribution in [0.4, 0.5) is 0 Å². The molecule has 0 saturated carbocycles. The normalized spacial score (nSPS) is 24.6. The average Bonchev–Trinajstić information content (AvgIpc) is 2.87. The minimum Gasteiger partial charge on any atom is -0.390 e. The maximum atomic E-state index is 11.4. The lowest BCUT2D eigenvalue weighted by atomic mass is 9.72. The second kappa shape index (κ2) is 6.52. The van der Waals surface area contributed by atoms with Crippen LogP contribution in [-0.2, 0) is 12.0 Å². The fourth-order valence-electron chi connectivity index (χ4n) is 4.77. The lowest BCUT2D eigenvalue weighted by Gasteiger charge is -2.40. The van der Waals surface area contributed by atoms with Gasteiger partial charge in [-0.25, -0.2) is 0 Å². The highest BCUT2D eigenvalue weighted by Gasteiger charge is 2.52. The van der Waals surface area contributed by atoms with E-state index in [-0.39, 0.29) is 17.6 Å². The van der Waals surface area contributed by atoms with Gasteiger partial charge in [-0.1, -0.05) is 30.3 Å². The van der Waals surface area contributed by atoms with E-state index in [0.29, 0.717) is 0 Å². The minimum absolute atomic E-state index is 0.0238. The van der Waals surface area contributed by atoms with E-state index in [1.165, 1.54) is 16.7 Å². The average molecular weight is 337 g/mol. The molecule has 132 valence electrons. The van der Waals surface area contributed by atoms with Crippen molar-refractivity contribution in [3.8, 4) is 0 Å². The van der Waals surface area contributed by atoms with Gasteiger partial charge in [0.25, 0.3) is 0 Å². The fourth-order valence-corrected chi connectivity index (χ4v) is 4.77. The summed E-state index contributed by atoms with van der Waals surface area (Å²) in [5.41, 5.74) is 4.80. The number of rotatable bonds is 3. The van der Waals surface area contributed by atoms with Gasteiger partial charge in [0.15, 0.2) is 0 Å². The van der Waals surface area contributed by atoms with Crippen LogP contribution in [0.1, 0.15) is 41.3 Å². The van der Waals surface area contributed by atoms with Crippen LogP contribution >= 0.6 is 0 Å². The van der Waals surface area contributed by atoms with Crippen LogP contribution in [-0.4, -0.2) is 41.2 Å². The molecule has 1 aliphatic carbocycles. The van der Waals surface area contributed by atoms with Crippen molar-refractivity contribution < 1.29 is 5.11 Å². The van der Waals surface area contributed by atoms with E-state index in [1.807, 2.05) is 12.3 Å². The van der Waals surface area contributed by atoms with Crippen molar-refractivity contribution in [3.05, 3.63) is 65.0 Å². The molecule has 0 unspecified atom stereocenters. The quantitative estimate of drug-likeness (QED) is 0.904. The molecule has 2 aromatic rings. The second-order valence-corrected chi connectivity index (χ2v) is 7.57. The molecule has 1 aromatic heterocycles. The first-order chi connectivity index (χ1) is 12.1. The van der Waals surface area contributed by atoms with E-state index in [2.05, 4.69) is 59.5 Å². The van der Waals surface area contributed by atoms with Crippen LogP contribution in [0, 0.1) is 6.92 Å². The molecule has 0 bridgehead atoms. The summed E-state index contributed by atoms with van der Waals surface area (Å²) in [6, 6.07) is 12.7. The van der Waals surface area contributed by atoms with Gasteiger partial charge in [-0.05, 0) is 62.7 Å². The molecule has 4 heteroatoms. The van der Waals surface area contributed by atoms with E-state index >= 15 is 0 Å². The molecular formula is C21H27N3O. The third-order valence-corrected chi connectivity index (χ3v) is 6.17. The molecule has 1 fully saturated rings. The van der Waals surface area contributed by atoms with Crippen molar-refractivity contribution in [2.45, 2.75) is 43.9 Å². The summed E-state index contributed by atoms with van der Waals surface area (Å²) >= 11 is 0. The van der Waals surface area contributed by atoms with Gasteiger partial charge in [0, 0.05) is 18.2 Å². The van der Waals surface area contributed by atoms with Crippen molar-refractivity contribution in [2.24, 2.45) is 0 Å². The highest BCUT2D eigenvalue weighted by molar-refractivity contribution is 5.45. The number of aliphatic hydroxyl groups excluding tert-OH is 1. The summed E-state index contributed by atoms with van der Waals surface area (Å²) in [5.74, 6) is 0. The Hall–Kier alpha value is -1.75. The van der Waals surface area contributed by atoms with Gasteiger partial charge >= 0.3 is 0 Å². The van der Waals surface area contributed by atoms with Crippen molar-refractivity contribution >= 4 is 0 Å². The Bertz CT molecular complexity index is 754. The van der Waals surface area contributed by atoms with Crippen LogP contribution in [0.15, 0.2) is 42.6 Å². The maximum absolute atomic E-state index is 11.4. The van der Waals surface area contributed by atoms with Gasteiger partial charge in [-0.3, -0.25) is 9.88 Å². The first kappa shape index (κ1) is 16.7. The number of piperidine rings is 1. The Morgan fingerprint density at radius 3 is 2.72 bits per heavy atom. The molecule has 4 rings (SSSR count). The Kier molecular flexibility index (Phi) is 4.36. The Labute approximate surface area is 149 Å². The molecule has 2 N–H and O–H groups in total. The Morgan fingerprint density at radius 1 is 1.20 bits per heavy atom. The molecular weight excluding hydrogens is 310 g/mol. The SMILES string of the molecule is Cc1cccnc1CN(C)[C@H]1c2ccccc2C2(CCNCC2)[C@@H]1O. The number of likely N-dealkylation sites (N-methyl/N-ethyl adjacent to an activating group) is 1. The summed E-state index contributed by atoms with van der Waals surface area (Å²) in [5, 5.41) is 14.9. The second-order valence-electron chi connectivity index (χ2n) is 7.57. The van der Waals surface area contributed by atoms with E-state index in [4.69, 9.17) is 0 Å². The largest absolute Gasteiger partial charge is 0.390 e. The molecule has 1 aliphatic heterocycles.